The van der Waals surface area contributed by atoms with E-state index in [-0.39, 0.29) is 11.3 Å². The summed E-state index contributed by atoms with van der Waals surface area (Å²) in [6.45, 7) is 3.51. The van der Waals surface area contributed by atoms with Gasteiger partial charge in [0.05, 0.1) is 11.8 Å². The number of fused-ring (bicyclic) bond motifs is 1. The van der Waals surface area contributed by atoms with Crippen molar-refractivity contribution >= 4 is 17.5 Å². The fourth-order valence-corrected chi connectivity index (χ4v) is 4.46. The highest BCUT2D eigenvalue weighted by Crippen LogP contribution is 2.49. The molecule has 6 heteroatoms. The Morgan fingerprint density at radius 1 is 1.40 bits per heavy atom. The minimum Gasteiger partial charge on any atom is -0.341 e. The summed E-state index contributed by atoms with van der Waals surface area (Å²) in [6, 6.07) is 7.49. The Bertz CT molecular complexity index is 773. The maximum Gasteiger partial charge on any atom is 0.227 e. The average Bonchev–Trinajstić information content (AvgIpc) is 3.30. The van der Waals surface area contributed by atoms with E-state index in [4.69, 9.17) is 16.1 Å². The predicted octanol–water partition coefficient (Wildman–Crippen LogP) is 3.41. The van der Waals surface area contributed by atoms with E-state index in [1.807, 2.05) is 36.1 Å². The highest BCUT2D eigenvalue weighted by Gasteiger charge is 2.54. The lowest BCUT2D eigenvalue weighted by Gasteiger charge is -2.24. The van der Waals surface area contributed by atoms with Crippen LogP contribution in [0.1, 0.15) is 43.5 Å². The third-order valence-corrected chi connectivity index (χ3v) is 5.96. The van der Waals surface area contributed by atoms with Crippen LogP contribution in [-0.4, -0.2) is 34.0 Å². The van der Waals surface area contributed by atoms with Gasteiger partial charge in [-0.05, 0) is 36.5 Å². The fraction of sp³-hybridized carbons (Fsp3) is 0.526. The molecule has 2 heterocycles. The summed E-state index contributed by atoms with van der Waals surface area (Å²) < 4.78 is 5.35. The van der Waals surface area contributed by atoms with Gasteiger partial charge in [0.25, 0.3) is 0 Å². The summed E-state index contributed by atoms with van der Waals surface area (Å²) in [4.78, 5) is 19.4. The molecule has 2 fully saturated rings. The second-order valence-electron chi connectivity index (χ2n) is 7.19. The Balaban J connectivity index is 1.52. The quantitative estimate of drug-likeness (QED) is 0.839. The van der Waals surface area contributed by atoms with Gasteiger partial charge >= 0.3 is 0 Å². The number of halogens is 1. The Kier molecular flexibility index (Phi) is 4.28. The molecule has 0 spiro atoms. The third-order valence-electron chi connectivity index (χ3n) is 5.71. The molecule has 1 aromatic heterocycles. The summed E-state index contributed by atoms with van der Waals surface area (Å²) in [5.41, 5.74) is 0.875. The summed E-state index contributed by atoms with van der Waals surface area (Å²) in [5, 5.41) is 4.94. The molecule has 25 heavy (non-hydrogen) atoms. The third kappa shape index (κ3) is 2.95. The van der Waals surface area contributed by atoms with Crippen molar-refractivity contribution in [3.05, 3.63) is 46.6 Å². The van der Waals surface area contributed by atoms with Gasteiger partial charge in [0.1, 0.15) is 0 Å². The van der Waals surface area contributed by atoms with E-state index in [2.05, 4.69) is 10.1 Å². The van der Waals surface area contributed by atoms with E-state index in [0.29, 0.717) is 29.8 Å². The van der Waals surface area contributed by atoms with Crippen molar-refractivity contribution in [2.24, 2.45) is 5.92 Å². The standard InChI is InChI=1S/C19H22ClN3O2/c1-2-16-21-18(22-25-16)19-9-3-4-14(19)11-23(12-19)17(24)10-13-5-7-15(20)8-6-13/h5-8,14H,2-4,9-12H2,1H3/t14-,19-/m1/s1. The minimum absolute atomic E-state index is 0.118. The Morgan fingerprint density at radius 2 is 2.20 bits per heavy atom. The number of nitrogens with zero attached hydrogens (tertiary/aromatic N) is 3. The van der Waals surface area contributed by atoms with Crippen LogP contribution in [0.5, 0.6) is 0 Å². The van der Waals surface area contributed by atoms with Crippen molar-refractivity contribution in [3.8, 4) is 0 Å². The van der Waals surface area contributed by atoms with Crippen molar-refractivity contribution in [2.45, 2.75) is 44.4 Å². The highest BCUT2D eigenvalue weighted by molar-refractivity contribution is 6.30. The Morgan fingerprint density at radius 3 is 2.92 bits per heavy atom. The van der Waals surface area contributed by atoms with Gasteiger partial charge in [-0.2, -0.15) is 4.98 Å². The molecule has 0 N–H and O–H groups in total. The van der Waals surface area contributed by atoms with E-state index in [0.717, 1.165) is 37.2 Å². The number of carbonyl (C=O) groups excluding carboxylic acids is 1. The molecule has 2 aromatic rings. The zero-order chi connectivity index (χ0) is 17.4. The molecule has 1 aliphatic heterocycles. The normalized spacial score (nSPS) is 25.4. The number of amides is 1. The van der Waals surface area contributed by atoms with Crippen LogP contribution in [0.2, 0.25) is 5.02 Å². The number of likely N-dealkylation sites (tertiary alicyclic amines) is 1. The van der Waals surface area contributed by atoms with Crippen LogP contribution in [0.3, 0.4) is 0 Å². The van der Waals surface area contributed by atoms with Gasteiger partial charge in [-0.1, -0.05) is 42.2 Å². The first-order chi connectivity index (χ1) is 12.1. The first-order valence-electron chi connectivity index (χ1n) is 8.96. The highest BCUT2D eigenvalue weighted by atomic mass is 35.5. The van der Waals surface area contributed by atoms with E-state index in [9.17, 15) is 4.79 Å². The maximum absolute atomic E-state index is 12.8. The molecule has 1 aliphatic carbocycles. The van der Waals surface area contributed by atoms with Gasteiger partial charge in [0, 0.05) is 24.5 Å². The van der Waals surface area contributed by atoms with Crippen LogP contribution < -0.4 is 0 Å². The molecule has 132 valence electrons. The predicted molar refractivity (Wildman–Crippen MR) is 94.4 cm³/mol. The summed E-state index contributed by atoms with van der Waals surface area (Å²) in [7, 11) is 0. The second kappa shape index (κ2) is 6.45. The molecule has 4 rings (SSSR count). The van der Waals surface area contributed by atoms with Gasteiger partial charge in [-0.3, -0.25) is 4.79 Å². The fourth-order valence-electron chi connectivity index (χ4n) is 4.33. The molecule has 1 saturated heterocycles. The minimum atomic E-state index is -0.118. The SMILES string of the molecule is CCc1nc([C@@]23CCC[C@@H]2CN(C(=O)Cc2ccc(Cl)cc2)C3)no1. The van der Waals surface area contributed by atoms with Gasteiger partial charge in [0.15, 0.2) is 5.82 Å². The van der Waals surface area contributed by atoms with Gasteiger partial charge in [-0.25, -0.2) is 0 Å². The molecular weight excluding hydrogens is 338 g/mol. The van der Waals surface area contributed by atoms with Crippen LogP contribution in [0.4, 0.5) is 0 Å². The number of aromatic nitrogens is 2. The number of hydrogen-bond donors (Lipinski definition) is 0. The average molecular weight is 360 g/mol. The number of aryl methyl sites for hydroxylation is 1. The van der Waals surface area contributed by atoms with E-state index >= 15 is 0 Å². The zero-order valence-corrected chi connectivity index (χ0v) is 15.1. The molecule has 2 atom stereocenters. The molecule has 0 unspecified atom stereocenters. The Labute approximate surface area is 152 Å². The van der Waals surface area contributed by atoms with Gasteiger partial charge in [0.2, 0.25) is 11.8 Å². The van der Waals surface area contributed by atoms with Crippen molar-refractivity contribution < 1.29 is 9.32 Å². The molecule has 0 bridgehead atoms. The monoisotopic (exact) mass is 359 g/mol. The van der Waals surface area contributed by atoms with Gasteiger partial charge in [-0.15, -0.1) is 0 Å². The molecule has 5 nitrogen and oxygen atoms in total. The largest absolute Gasteiger partial charge is 0.341 e. The van der Waals surface area contributed by atoms with Crippen molar-refractivity contribution in [1.82, 2.24) is 15.0 Å². The molecule has 1 aromatic carbocycles. The lowest BCUT2D eigenvalue weighted by molar-refractivity contribution is -0.129. The Hall–Kier alpha value is -1.88. The number of benzene rings is 1. The molecule has 1 amide bonds. The van der Waals surface area contributed by atoms with Crippen molar-refractivity contribution in [1.29, 1.82) is 0 Å². The van der Waals surface area contributed by atoms with E-state index in [1.165, 1.54) is 6.42 Å². The number of hydrogen-bond acceptors (Lipinski definition) is 4. The van der Waals surface area contributed by atoms with Crippen LogP contribution in [0.15, 0.2) is 28.8 Å². The summed E-state index contributed by atoms with van der Waals surface area (Å²) >= 11 is 5.92. The second-order valence-corrected chi connectivity index (χ2v) is 7.62. The van der Waals surface area contributed by atoms with Crippen LogP contribution >= 0.6 is 11.6 Å². The van der Waals surface area contributed by atoms with E-state index < -0.39 is 0 Å². The molecular formula is C19H22ClN3O2. The summed E-state index contributed by atoms with van der Waals surface area (Å²) in [6.07, 6.45) is 4.48. The first kappa shape index (κ1) is 16.6. The number of carbonyl (C=O) groups is 1. The van der Waals surface area contributed by atoms with Crippen LogP contribution in [0.25, 0.3) is 0 Å². The van der Waals surface area contributed by atoms with Crippen molar-refractivity contribution in [3.63, 3.8) is 0 Å². The van der Waals surface area contributed by atoms with Crippen LogP contribution in [-0.2, 0) is 23.1 Å². The molecule has 1 saturated carbocycles. The van der Waals surface area contributed by atoms with Crippen LogP contribution in [0, 0.1) is 5.92 Å². The maximum atomic E-state index is 12.8. The first-order valence-corrected chi connectivity index (χ1v) is 9.34. The smallest absolute Gasteiger partial charge is 0.227 e. The van der Waals surface area contributed by atoms with Crippen molar-refractivity contribution in [2.75, 3.05) is 13.1 Å². The molecule has 2 aliphatic rings. The lowest BCUT2D eigenvalue weighted by Crippen LogP contribution is -2.36. The topological polar surface area (TPSA) is 59.2 Å². The van der Waals surface area contributed by atoms with Gasteiger partial charge < -0.3 is 9.42 Å². The molecule has 0 radical (unpaired) electrons. The zero-order valence-electron chi connectivity index (χ0n) is 14.4. The number of rotatable bonds is 4. The van der Waals surface area contributed by atoms with E-state index in [1.54, 1.807) is 0 Å². The lowest BCUT2D eigenvalue weighted by atomic mass is 9.80. The summed E-state index contributed by atoms with van der Waals surface area (Å²) in [5.74, 6) is 2.08.